The average molecular weight is 777 g/mol. The summed E-state index contributed by atoms with van der Waals surface area (Å²) in [5.74, 6) is -0.999. The first-order valence-electron chi connectivity index (χ1n) is 10.7. The smallest absolute Gasteiger partial charge is 0 e. The summed E-state index contributed by atoms with van der Waals surface area (Å²) in [6, 6.07) is 3.93. The van der Waals surface area contributed by atoms with Crippen molar-refractivity contribution in [3.05, 3.63) is 61.9 Å². The fourth-order valence-corrected chi connectivity index (χ4v) is 23.3. The summed E-state index contributed by atoms with van der Waals surface area (Å²) in [6.45, 7) is 38.4. The maximum Gasteiger partial charge on any atom is 0 e. The number of aryl methyl sites for hydroxylation is 1. The number of aromatic nitrogens is 2. The van der Waals surface area contributed by atoms with Crippen LogP contribution in [0.2, 0.25) is 39.3 Å². The van der Waals surface area contributed by atoms with E-state index >= 15 is 0 Å². The zero-order chi connectivity index (χ0) is 32.3. The van der Waals surface area contributed by atoms with Gasteiger partial charge in [0, 0.05) is 38.7 Å². The molecule has 0 saturated carbocycles. The molecule has 40 heavy (non-hydrogen) atoms. The van der Waals surface area contributed by atoms with Crippen molar-refractivity contribution < 1.29 is 63.4 Å². The molecular weight excluding hydrogens is 743 g/mol. The third-order valence-corrected chi connectivity index (χ3v) is 21.5. The summed E-state index contributed by atoms with van der Waals surface area (Å²) in [4.78, 5) is 26.1. The Balaban J connectivity index is -0.000000334. The molecule has 2 rings (SSSR count). The molecule has 0 bridgehead atoms. The van der Waals surface area contributed by atoms with Crippen LogP contribution < -0.4 is 0 Å². The molecule has 1 unspecified atom stereocenters. The topological polar surface area (TPSA) is 170 Å². The summed E-state index contributed by atoms with van der Waals surface area (Å²) in [6.07, 6.45) is 0. The molecule has 0 N–H and O–H groups in total. The maximum atomic E-state index is 13.0. The van der Waals surface area contributed by atoms with Crippen LogP contribution in [-0.2, 0) is 60.8 Å². The van der Waals surface area contributed by atoms with Crippen molar-refractivity contribution in [1.82, 2.24) is 9.31 Å². The summed E-state index contributed by atoms with van der Waals surface area (Å²) < 4.78 is 54.9. The van der Waals surface area contributed by atoms with E-state index in [-0.39, 0.29) is 26.6 Å². The van der Waals surface area contributed by atoms with Crippen molar-refractivity contribution in [2.75, 3.05) is 14.2 Å². The Kier molecular flexibility index (Phi) is 27.9. The summed E-state index contributed by atoms with van der Waals surface area (Å²) in [7, 11) is -0.0299. The van der Waals surface area contributed by atoms with Crippen LogP contribution in [0.1, 0.15) is 31.0 Å². The van der Waals surface area contributed by atoms with Gasteiger partial charge in [0.2, 0.25) is 0 Å². The second kappa shape index (κ2) is 23.5. The number of carbonyl (C=O) groups excluding carboxylic acids is 2. The number of esters is 2. The van der Waals surface area contributed by atoms with Crippen molar-refractivity contribution in [2.45, 2.75) is 51.1 Å². The van der Waals surface area contributed by atoms with Crippen LogP contribution in [0.15, 0.2) is 12.1 Å². The second-order valence-corrected chi connectivity index (χ2v) is 23.6. The van der Waals surface area contributed by atoms with E-state index in [1.807, 2.05) is 30.7 Å². The van der Waals surface area contributed by atoms with Gasteiger partial charge in [-0.05, 0) is 26.7 Å². The first kappa shape index (κ1) is 47.5. The Morgan fingerprint density at radius 1 is 0.825 bits per heavy atom. The van der Waals surface area contributed by atoms with Crippen molar-refractivity contribution in [1.29, 1.82) is 0 Å². The number of hydrogen-bond acceptors (Lipinski definition) is 5. The molecule has 15 heteroatoms. The molecule has 1 atom stereocenters. The van der Waals surface area contributed by atoms with Gasteiger partial charge in [-0.15, -0.1) is 0 Å². The zero-order valence-corrected chi connectivity index (χ0v) is 30.0. The Morgan fingerprint density at radius 3 is 1.48 bits per heavy atom. The standard InChI is InChI=1S/C20H33N2O4PSi2.5CO.W/c1-13-11-12-14(22(13)2)16-15(18(23)25-3)17(19(24)26-4)27(21-16)20(28(5,6)7)29(8,9)10;5*1-2;/h11-12,20H,1-10H3;;;;;;. The van der Waals surface area contributed by atoms with E-state index in [0.717, 1.165) is 11.4 Å². The van der Waals surface area contributed by atoms with Gasteiger partial charge >= 0.3 is 68.5 Å². The van der Waals surface area contributed by atoms with Crippen molar-refractivity contribution in [2.24, 2.45) is 7.05 Å². The molecule has 0 aliphatic rings. The van der Waals surface area contributed by atoms with E-state index < -0.39 is 35.8 Å². The second-order valence-electron chi connectivity index (χ2n) is 9.55. The van der Waals surface area contributed by atoms with Crippen LogP contribution in [0, 0.1) is 40.2 Å². The summed E-state index contributed by atoms with van der Waals surface area (Å²) in [5.41, 5.74) is 2.70. The Hall–Kier alpha value is -2.25. The molecule has 0 aromatic carbocycles. The maximum absolute atomic E-state index is 13.0. The molecule has 0 spiro atoms. The van der Waals surface area contributed by atoms with Gasteiger partial charge in [-0.2, -0.15) is 0 Å². The quantitative estimate of drug-likeness (QED) is 0.173. The zero-order valence-electron chi connectivity index (χ0n) is 24.2. The van der Waals surface area contributed by atoms with Crippen LogP contribution in [0.4, 0.5) is 0 Å². The van der Waals surface area contributed by atoms with Crippen molar-refractivity contribution in [3.8, 4) is 11.4 Å². The van der Waals surface area contributed by atoms with E-state index in [0.29, 0.717) is 15.9 Å². The largest absolute Gasteiger partial charge is 0 e. The minimum absolute atomic E-state index is 0. The molecule has 216 valence electrons. The van der Waals surface area contributed by atoms with Crippen molar-refractivity contribution >= 4 is 35.8 Å². The molecule has 0 radical (unpaired) electrons. The van der Waals surface area contributed by atoms with Crippen LogP contribution in [0.5, 0.6) is 0 Å². The molecular formula is C25H33N2O9PSi2W. The molecule has 0 saturated heterocycles. The molecule has 0 amide bonds. The fourth-order valence-electron chi connectivity index (χ4n) is 4.27. The van der Waals surface area contributed by atoms with E-state index in [1.54, 1.807) is 0 Å². The molecule has 11 nitrogen and oxygen atoms in total. The van der Waals surface area contributed by atoms with Gasteiger partial charge in [0.1, 0.15) is 16.6 Å². The number of rotatable bonds is 6. The minimum atomic E-state index is -1.72. The van der Waals surface area contributed by atoms with Crippen LogP contribution in [0.25, 0.3) is 11.4 Å². The Labute approximate surface area is 253 Å². The van der Waals surface area contributed by atoms with E-state index in [1.165, 1.54) is 14.2 Å². The predicted molar refractivity (Wildman–Crippen MR) is 144 cm³/mol. The first-order valence-corrected chi connectivity index (χ1v) is 19.2. The Bertz CT molecular complexity index is 1120. The normalized spacial score (nSPS) is 9.68. The molecule has 0 aliphatic heterocycles. The number of nitrogens with zero attached hydrogens (tertiary/aromatic N) is 2. The third-order valence-electron chi connectivity index (χ3n) is 5.18. The van der Waals surface area contributed by atoms with Gasteiger partial charge < -0.3 is 14.0 Å². The van der Waals surface area contributed by atoms with Crippen LogP contribution >= 0.6 is 7.69 Å². The fraction of sp³-hybridized carbons (Fsp3) is 0.440. The van der Waals surface area contributed by atoms with Crippen LogP contribution in [0.3, 0.4) is 0 Å². The van der Waals surface area contributed by atoms with Crippen LogP contribution in [-0.4, -0.2) is 51.6 Å². The molecule has 0 fully saturated rings. The number of methoxy groups -OCH3 is 2. The Morgan fingerprint density at radius 2 is 1.20 bits per heavy atom. The summed E-state index contributed by atoms with van der Waals surface area (Å²) >= 11 is 0. The third kappa shape index (κ3) is 12.5. The van der Waals surface area contributed by atoms with Gasteiger partial charge in [-0.3, -0.25) is 0 Å². The molecule has 2 heterocycles. The predicted octanol–water partition coefficient (Wildman–Crippen LogP) is 5.06. The number of carbonyl (C=O) groups is 2. The van der Waals surface area contributed by atoms with E-state index in [2.05, 4.69) is 72.5 Å². The molecule has 0 aliphatic carbocycles. The van der Waals surface area contributed by atoms with Crippen molar-refractivity contribution in [3.63, 3.8) is 0 Å². The van der Waals surface area contributed by atoms with E-state index in [9.17, 15) is 9.59 Å². The van der Waals surface area contributed by atoms with E-state index in [4.69, 9.17) is 37.5 Å². The molecule has 2 aromatic heterocycles. The van der Waals surface area contributed by atoms with Gasteiger partial charge in [0.15, 0.2) is 0 Å². The van der Waals surface area contributed by atoms with Gasteiger partial charge in [-0.25, -0.2) is 14.3 Å². The first-order chi connectivity index (χ1) is 18.3. The average Bonchev–Trinajstić information content (AvgIpc) is 3.46. The van der Waals surface area contributed by atoms with Gasteiger partial charge in [0.05, 0.1) is 36.1 Å². The number of ether oxygens (including phenoxy) is 2. The monoisotopic (exact) mass is 776 g/mol. The SMILES string of the molecule is COC(=O)c1c(-c2ccc(C)n2C)np(C([Si](C)(C)C)[Si](C)(C)C)c1C(=O)OC.[C-]#[O+].[C-]#[O+].[C-]#[O+].[C-]#[O+].[C-]#[O+].[W]. The molecule has 2 aromatic rings. The number of hydrogen-bond donors (Lipinski definition) is 0. The van der Waals surface area contributed by atoms with Gasteiger partial charge in [-0.1, -0.05) is 39.3 Å². The minimum Gasteiger partial charge on any atom is 0 e. The van der Waals surface area contributed by atoms with Gasteiger partial charge in [0.25, 0.3) is 0 Å². The summed E-state index contributed by atoms with van der Waals surface area (Å²) in [5, 5.41) is 0.415.